The van der Waals surface area contributed by atoms with E-state index in [1.807, 2.05) is 0 Å². The number of fused-ring (bicyclic) bond motifs is 1. The lowest BCUT2D eigenvalue weighted by atomic mass is 10.0. The number of carbonyl (C=O) groups is 1. The van der Waals surface area contributed by atoms with Crippen LogP contribution < -0.4 is 5.32 Å². The lowest BCUT2D eigenvalue weighted by Gasteiger charge is -2.26. The number of halogens is 1. The number of benzene rings is 1. The van der Waals surface area contributed by atoms with Crippen LogP contribution in [0.1, 0.15) is 24.4 Å². The van der Waals surface area contributed by atoms with Crippen molar-refractivity contribution in [1.82, 2.24) is 10.2 Å². The first-order chi connectivity index (χ1) is 9.81. The molecule has 5 nitrogen and oxygen atoms in total. The van der Waals surface area contributed by atoms with Gasteiger partial charge in [0.25, 0.3) is 0 Å². The van der Waals surface area contributed by atoms with Crippen LogP contribution in [0, 0.1) is 5.82 Å². The van der Waals surface area contributed by atoms with Crippen LogP contribution in [0.25, 0.3) is 0 Å². The van der Waals surface area contributed by atoms with Crippen LogP contribution in [0.15, 0.2) is 23.1 Å². The van der Waals surface area contributed by atoms with E-state index >= 15 is 0 Å². The monoisotopic (exact) mass is 314 g/mol. The van der Waals surface area contributed by atoms with Gasteiger partial charge in [0.1, 0.15) is 5.82 Å². The molecule has 1 N–H and O–H groups in total. The fraction of sp³-hybridized carbons (Fsp3) is 0.500. The van der Waals surface area contributed by atoms with E-state index < -0.39 is 15.7 Å². The Labute approximate surface area is 124 Å². The van der Waals surface area contributed by atoms with Gasteiger partial charge in [-0.2, -0.15) is 0 Å². The van der Waals surface area contributed by atoms with E-state index in [1.165, 1.54) is 17.0 Å². The zero-order valence-electron chi connectivity index (χ0n) is 12.1. The summed E-state index contributed by atoms with van der Waals surface area (Å²) in [6.45, 7) is 0.428. The zero-order valence-corrected chi connectivity index (χ0v) is 12.9. The van der Waals surface area contributed by atoms with Crippen molar-refractivity contribution in [2.75, 3.05) is 26.4 Å². The van der Waals surface area contributed by atoms with Gasteiger partial charge < -0.3 is 10.2 Å². The summed E-state index contributed by atoms with van der Waals surface area (Å²) >= 11 is 0. The van der Waals surface area contributed by atoms with Crippen molar-refractivity contribution in [1.29, 1.82) is 0 Å². The molecule has 0 aromatic heterocycles. The van der Waals surface area contributed by atoms with Crippen molar-refractivity contribution in [3.05, 3.63) is 29.6 Å². The third-order valence-corrected chi connectivity index (χ3v) is 5.40. The van der Waals surface area contributed by atoms with E-state index in [0.717, 1.165) is 6.07 Å². The van der Waals surface area contributed by atoms with Gasteiger partial charge in [-0.05, 0) is 30.2 Å². The third-order valence-electron chi connectivity index (χ3n) is 3.59. The standard InChI is InChI=1S/C14H19FN2O3S/c1-17(2)14(18)5-7-16-12-6-8-21(19,20)13-4-3-10(15)9-11(12)13/h3-4,9,12,16H,5-8H2,1-2H3. The second-order valence-electron chi connectivity index (χ2n) is 5.33. The molecule has 1 aliphatic rings. The van der Waals surface area contributed by atoms with Crippen LogP contribution in [-0.4, -0.2) is 45.6 Å². The Morgan fingerprint density at radius 3 is 2.81 bits per heavy atom. The van der Waals surface area contributed by atoms with Crippen LogP contribution in [0.5, 0.6) is 0 Å². The minimum Gasteiger partial charge on any atom is -0.349 e. The third kappa shape index (κ3) is 3.59. The maximum atomic E-state index is 13.4. The molecule has 1 aromatic carbocycles. The van der Waals surface area contributed by atoms with Crippen molar-refractivity contribution in [3.8, 4) is 0 Å². The molecule has 1 aliphatic heterocycles. The summed E-state index contributed by atoms with van der Waals surface area (Å²) in [7, 11) is 0.0331. The Kier molecular flexibility index (Phi) is 4.63. The molecule has 1 atom stereocenters. The first-order valence-electron chi connectivity index (χ1n) is 6.77. The van der Waals surface area contributed by atoms with Crippen molar-refractivity contribution < 1.29 is 17.6 Å². The topological polar surface area (TPSA) is 66.5 Å². The van der Waals surface area contributed by atoms with Crippen LogP contribution in [0.2, 0.25) is 0 Å². The Hall–Kier alpha value is -1.47. The Balaban J connectivity index is 2.13. The lowest BCUT2D eigenvalue weighted by Crippen LogP contribution is -2.33. The van der Waals surface area contributed by atoms with Crippen LogP contribution in [-0.2, 0) is 14.6 Å². The van der Waals surface area contributed by atoms with Gasteiger partial charge in [-0.3, -0.25) is 4.79 Å². The van der Waals surface area contributed by atoms with Gasteiger partial charge >= 0.3 is 0 Å². The lowest BCUT2D eigenvalue weighted by molar-refractivity contribution is -0.128. The zero-order chi connectivity index (χ0) is 15.6. The SMILES string of the molecule is CN(C)C(=O)CCNC1CCS(=O)(=O)c2ccc(F)cc21. The molecule has 0 fully saturated rings. The number of sulfone groups is 1. The number of hydrogen-bond donors (Lipinski definition) is 1. The van der Waals surface area contributed by atoms with Gasteiger partial charge in [-0.1, -0.05) is 0 Å². The fourth-order valence-corrected chi connectivity index (χ4v) is 4.00. The molecule has 7 heteroatoms. The number of nitrogens with zero attached hydrogens (tertiary/aromatic N) is 1. The van der Waals surface area contributed by atoms with Crippen LogP contribution >= 0.6 is 0 Å². The number of amides is 1. The molecule has 0 spiro atoms. The van der Waals surface area contributed by atoms with E-state index in [4.69, 9.17) is 0 Å². The summed E-state index contributed by atoms with van der Waals surface area (Å²) in [5.41, 5.74) is 0.457. The highest BCUT2D eigenvalue weighted by Gasteiger charge is 2.30. The van der Waals surface area contributed by atoms with Gasteiger partial charge in [0.05, 0.1) is 10.6 Å². The van der Waals surface area contributed by atoms with Crippen LogP contribution in [0.4, 0.5) is 4.39 Å². The molecule has 116 valence electrons. The smallest absolute Gasteiger partial charge is 0.223 e. The molecular weight excluding hydrogens is 295 g/mol. The highest BCUT2D eigenvalue weighted by Crippen LogP contribution is 2.32. The molecule has 0 radical (unpaired) electrons. The van der Waals surface area contributed by atoms with Gasteiger partial charge in [-0.15, -0.1) is 0 Å². The first kappa shape index (κ1) is 15.9. The molecule has 21 heavy (non-hydrogen) atoms. The van der Waals surface area contributed by atoms with Gasteiger partial charge in [-0.25, -0.2) is 12.8 Å². The van der Waals surface area contributed by atoms with Crippen molar-refractivity contribution in [2.24, 2.45) is 0 Å². The van der Waals surface area contributed by atoms with Crippen molar-refractivity contribution >= 4 is 15.7 Å². The largest absolute Gasteiger partial charge is 0.349 e. The molecule has 1 heterocycles. The second-order valence-corrected chi connectivity index (χ2v) is 7.41. The number of rotatable bonds is 4. The quantitative estimate of drug-likeness (QED) is 0.846. The molecule has 0 saturated heterocycles. The predicted octanol–water partition coefficient (Wildman–Crippen LogP) is 1.11. The maximum Gasteiger partial charge on any atom is 0.223 e. The minimum atomic E-state index is -3.33. The first-order valence-corrected chi connectivity index (χ1v) is 8.42. The number of hydrogen-bond acceptors (Lipinski definition) is 4. The van der Waals surface area contributed by atoms with E-state index in [-0.39, 0.29) is 22.6 Å². The normalized spacial score (nSPS) is 19.9. The van der Waals surface area contributed by atoms with E-state index in [9.17, 15) is 17.6 Å². The fourth-order valence-electron chi connectivity index (χ4n) is 2.40. The summed E-state index contributed by atoms with van der Waals surface area (Å²) in [4.78, 5) is 13.2. The molecule has 1 unspecified atom stereocenters. The van der Waals surface area contributed by atoms with Gasteiger partial charge in [0.2, 0.25) is 5.91 Å². The number of carbonyl (C=O) groups excluding carboxylic acids is 1. The number of nitrogens with one attached hydrogen (secondary N) is 1. The summed E-state index contributed by atoms with van der Waals surface area (Å²) < 4.78 is 37.4. The van der Waals surface area contributed by atoms with Crippen LogP contribution in [0.3, 0.4) is 0 Å². The van der Waals surface area contributed by atoms with Gasteiger partial charge in [0, 0.05) is 33.1 Å². The van der Waals surface area contributed by atoms with E-state index in [2.05, 4.69) is 5.32 Å². The predicted molar refractivity (Wildman–Crippen MR) is 77.1 cm³/mol. The van der Waals surface area contributed by atoms with Crippen molar-refractivity contribution in [3.63, 3.8) is 0 Å². The average Bonchev–Trinajstić information content (AvgIpc) is 2.40. The molecule has 1 amide bonds. The summed E-state index contributed by atoms with van der Waals surface area (Å²) in [6.07, 6.45) is 0.704. The minimum absolute atomic E-state index is 0.00889. The molecular formula is C14H19FN2O3S. The average molecular weight is 314 g/mol. The van der Waals surface area contributed by atoms with E-state index in [0.29, 0.717) is 24.9 Å². The maximum absolute atomic E-state index is 13.4. The molecule has 0 bridgehead atoms. The van der Waals surface area contributed by atoms with E-state index in [1.54, 1.807) is 14.1 Å². The molecule has 2 rings (SSSR count). The second kappa shape index (κ2) is 6.11. The summed E-state index contributed by atoms with van der Waals surface area (Å²) in [5.74, 6) is -0.433. The van der Waals surface area contributed by atoms with Crippen molar-refractivity contribution in [2.45, 2.75) is 23.8 Å². The van der Waals surface area contributed by atoms with Gasteiger partial charge in [0.15, 0.2) is 9.84 Å². The Morgan fingerprint density at radius 1 is 1.43 bits per heavy atom. The Morgan fingerprint density at radius 2 is 2.14 bits per heavy atom. The highest BCUT2D eigenvalue weighted by atomic mass is 32.2. The molecule has 1 aromatic rings. The Bertz CT molecular complexity index is 644. The molecule has 0 saturated carbocycles. The summed E-state index contributed by atoms with van der Waals surface area (Å²) in [5, 5.41) is 3.15. The summed E-state index contributed by atoms with van der Waals surface area (Å²) in [6, 6.07) is 3.50. The molecule has 0 aliphatic carbocycles. The highest BCUT2D eigenvalue weighted by molar-refractivity contribution is 7.91.